The summed E-state index contributed by atoms with van der Waals surface area (Å²) in [5.74, 6) is -7.23. The molecule has 1 rings (SSSR count). The third kappa shape index (κ3) is 4.30. The van der Waals surface area contributed by atoms with Crippen LogP contribution in [0.5, 0.6) is 5.75 Å². The van der Waals surface area contributed by atoms with Crippen LogP contribution >= 0.6 is 0 Å². The minimum atomic E-state index is -4.27. The van der Waals surface area contributed by atoms with Crippen LogP contribution in [0.3, 0.4) is 0 Å². The summed E-state index contributed by atoms with van der Waals surface area (Å²) in [4.78, 5) is 22.2. The van der Waals surface area contributed by atoms with Crippen LogP contribution in [-0.2, 0) is 15.5 Å². The Hall–Kier alpha value is -2.38. The number of aliphatic carboxylic acids is 1. The number of carbonyl (C=O) groups is 2. The van der Waals surface area contributed by atoms with Gasteiger partial charge in [-0.3, -0.25) is 5.32 Å². The minimum absolute atomic E-state index is 0.463. The summed E-state index contributed by atoms with van der Waals surface area (Å²) in [5, 5.41) is 19.8. The Labute approximate surface area is 119 Å². The van der Waals surface area contributed by atoms with Crippen LogP contribution in [0.1, 0.15) is 26.3 Å². The van der Waals surface area contributed by atoms with E-state index in [2.05, 4.69) is 0 Å². The Morgan fingerprint density at radius 3 is 2.29 bits per heavy atom. The number of hydrogen-bond acceptors (Lipinski definition) is 4. The number of phenols is 1. The lowest BCUT2D eigenvalue weighted by molar-refractivity contribution is -0.166. The Bertz CT molecular complexity index is 566. The number of amides is 1. The van der Waals surface area contributed by atoms with E-state index in [1.54, 1.807) is 20.8 Å². The normalized spacial score (nSPS) is 11.9. The number of hydrogen-bond donors (Lipinski definition) is 3. The molecule has 1 amide bonds. The molecule has 116 valence electrons. The van der Waals surface area contributed by atoms with Gasteiger partial charge in [0.1, 0.15) is 11.4 Å². The second-order valence-electron chi connectivity index (χ2n) is 5.24. The highest BCUT2D eigenvalue weighted by Crippen LogP contribution is 2.36. The molecule has 1 aromatic rings. The van der Waals surface area contributed by atoms with E-state index in [1.807, 2.05) is 5.32 Å². The summed E-state index contributed by atoms with van der Waals surface area (Å²) in [6, 6.07) is 2.57. The van der Waals surface area contributed by atoms with Crippen molar-refractivity contribution in [1.29, 1.82) is 0 Å². The lowest BCUT2D eigenvalue weighted by Crippen LogP contribution is -2.30. The maximum atomic E-state index is 13.6. The largest absolute Gasteiger partial charge is 0.508 e. The Morgan fingerprint density at radius 1 is 1.24 bits per heavy atom. The van der Waals surface area contributed by atoms with Crippen molar-refractivity contribution < 1.29 is 33.3 Å². The topological polar surface area (TPSA) is 95.9 Å². The van der Waals surface area contributed by atoms with E-state index in [0.717, 1.165) is 12.1 Å². The molecule has 0 heterocycles. The molecule has 0 unspecified atom stereocenters. The Morgan fingerprint density at radius 2 is 1.81 bits per heavy atom. The van der Waals surface area contributed by atoms with E-state index in [-0.39, 0.29) is 0 Å². The molecule has 1 aromatic carbocycles. The van der Waals surface area contributed by atoms with Crippen LogP contribution < -0.4 is 5.32 Å². The van der Waals surface area contributed by atoms with Gasteiger partial charge in [0.2, 0.25) is 0 Å². The fourth-order valence-electron chi connectivity index (χ4n) is 1.43. The SMILES string of the molecule is CC(C)(C)OC(=O)Nc1ccc(O)cc1C(F)(F)C(=O)O. The first kappa shape index (κ1) is 16.7. The lowest BCUT2D eigenvalue weighted by Gasteiger charge is -2.21. The number of phenolic OH excluding ortho intramolecular Hbond substituents is 1. The molecular weight excluding hydrogens is 288 g/mol. The monoisotopic (exact) mass is 303 g/mol. The number of nitrogens with one attached hydrogen (secondary N) is 1. The maximum absolute atomic E-state index is 13.6. The van der Waals surface area contributed by atoms with Crippen LogP contribution in [0.2, 0.25) is 0 Å². The third-order valence-corrected chi connectivity index (χ3v) is 2.25. The van der Waals surface area contributed by atoms with Gasteiger partial charge in [-0.05, 0) is 39.0 Å². The number of benzene rings is 1. The molecular formula is C13H15F2NO5. The zero-order chi connectivity index (χ0) is 16.4. The van der Waals surface area contributed by atoms with Gasteiger partial charge in [-0.25, -0.2) is 9.59 Å². The van der Waals surface area contributed by atoms with Crippen molar-refractivity contribution in [2.45, 2.75) is 32.3 Å². The number of carbonyl (C=O) groups excluding carboxylic acids is 1. The van der Waals surface area contributed by atoms with Crippen LogP contribution in [0.4, 0.5) is 19.3 Å². The van der Waals surface area contributed by atoms with Crippen molar-refractivity contribution in [2.75, 3.05) is 5.32 Å². The number of carboxylic acids is 1. The summed E-state index contributed by atoms with van der Waals surface area (Å²) in [6.45, 7) is 4.74. The fraction of sp³-hybridized carbons (Fsp3) is 0.385. The van der Waals surface area contributed by atoms with Crippen molar-refractivity contribution in [3.8, 4) is 5.75 Å². The first-order chi connectivity index (χ1) is 9.43. The first-order valence-corrected chi connectivity index (χ1v) is 5.88. The Balaban J connectivity index is 3.14. The predicted molar refractivity (Wildman–Crippen MR) is 69.5 cm³/mol. The quantitative estimate of drug-likeness (QED) is 0.746. The second kappa shape index (κ2) is 5.55. The van der Waals surface area contributed by atoms with Crippen LogP contribution in [0.25, 0.3) is 0 Å². The van der Waals surface area contributed by atoms with Gasteiger partial charge >= 0.3 is 18.0 Å². The van der Waals surface area contributed by atoms with E-state index < -0.39 is 40.6 Å². The molecule has 21 heavy (non-hydrogen) atoms. The molecule has 0 spiro atoms. The molecule has 0 bridgehead atoms. The molecule has 0 aliphatic rings. The third-order valence-electron chi connectivity index (χ3n) is 2.25. The average molecular weight is 303 g/mol. The molecule has 8 heteroatoms. The molecule has 0 fully saturated rings. The molecule has 3 N–H and O–H groups in total. The molecule has 0 atom stereocenters. The van der Waals surface area contributed by atoms with E-state index in [9.17, 15) is 23.5 Å². The first-order valence-electron chi connectivity index (χ1n) is 5.88. The maximum Gasteiger partial charge on any atom is 0.412 e. The van der Waals surface area contributed by atoms with Gasteiger partial charge in [0.25, 0.3) is 0 Å². The molecule has 0 aliphatic carbocycles. The zero-order valence-electron chi connectivity index (χ0n) is 11.6. The van der Waals surface area contributed by atoms with Gasteiger partial charge in [0, 0.05) is 0 Å². The minimum Gasteiger partial charge on any atom is -0.508 e. The highest BCUT2D eigenvalue weighted by Gasteiger charge is 2.43. The number of aromatic hydroxyl groups is 1. The number of ether oxygens (including phenoxy) is 1. The molecule has 0 saturated heterocycles. The highest BCUT2D eigenvalue weighted by atomic mass is 19.3. The van der Waals surface area contributed by atoms with Crippen molar-refractivity contribution in [3.63, 3.8) is 0 Å². The van der Waals surface area contributed by atoms with Gasteiger partial charge < -0.3 is 14.9 Å². The van der Waals surface area contributed by atoms with Gasteiger partial charge in [-0.1, -0.05) is 0 Å². The van der Waals surface area contributed by atoms with Gasteiger partial charge in [0.15, 0.2) is 0 Å². The van der Waals surface area contributed by atoms with Crippen LogP contribution in [-0.4, -0.2) is 27.9 Å². The van der Waals surface area contributed by atoms with E-state index in [1.165, 1.54) is 0 Å². The fourth-order valence-corrected chi connectivity index (χ4v) is 1.43. The van der Waals surface area contributed by atoms with Crippen LogP contribution in [0.15, 0.2) is 18.2 Å². The molecule has 0 saturated carbocycles. The summed E-state index contributed by atoms with van der Waals surface area (Å²) in [6.07, 6.45) is -1.02. The molecule has 0 aliphatic heterocycles. The highest BCUT2D eigenvalue weighted by molar-refractivity contribution is 5.89. The van der Waals surface area contributed by atoms with E-state index in [4.69, 9.17) is 9.84 Å². The van der Waals surface area contributed by atoms with E-state index in [0.29, 0.717) is 6.07 Å². The van der Waals surface area contributed by atoms with Gasteiger partial charge in [-0.2, -0.15) is 8.78 Å². The van der Waals surface area contributed by atoms with E-state index >= 15 is 0 Å². The number of halogens is 2. The number of carboxylic acid groups (broad SMARTS) is 1. The summed E-state index contributed by atoms with van der Waals surface area (Å²) in [7, 11) is 0. The van der Waals surface area contributed by atoms with Gasteiger partial charge in [0.05, 0.1) is 11.3 Å². The molecule has 6 nitrogen and oxygen atoms in total. The van der Waals surface area contributed by atoms with Crippen molar-refractivity contribution in [2.24, 2.45) is 0 Å². The predicted octanol–water partition coefficient (Wildman–Crippen LogP) is 2.92. The molecule has 0 radical (unpaired) electrons. The summed E-state index contributed by atoms with van der Waals surface area (Å²) in [5.41, 5.74) is -2.36. The van der Waals surface area contributed by atoms with Crippen LogP contribution in [0, 0.1) is 0 Å². The summed E-state index contributed by atoms with van der Waals surface area (Å²) < 4.78 is 32.1. The number of alkyl halides is 2. The lowest BCUT2D eigenvalue weighted by atomic mass is 10.1. The van der Waals surface area contributed by atoms with Crippen molar-refractivity contribution >= 4 is 17.7 Å². The number of anilines is 1. The second-order valence-corrected chi connectivity index (χ2v) is 5.24. The van der Waals surface area contributed by atoms with Crippen molar-refractivity contribution in [3.05, 3.63) is 23.8 Å². The van der Waals surface area contributed by atoms with Crippen molar-refractivity contribution in [1.82, 2.24) is 0 Å². The molecule has 0 aromatic heterocycles. The number of rotatable bonds is 3. The average Bonchev–Trinajstić information content (AvgIpc) is 2.28. The summed E-state index contributed by atoms with van der Waals surface area (Å²) >= 11 is 0. The standard InChI is InChI=1S/C13H15F2NO5/c1-12(2,3)21-11(20)16-9-5-4-7(17)6-8(9)13(14,15)10(18)19/h4-6,17H,1-3H3,(H,16,20)(H,18,19). The van der Waals surface area contributed by atoms with Gasteiger partial charge in [-0.15, -0.1) is 0 Å². The zero-order valence-corrected chi connectivity index (χ0v) is 11.6. The Kier molecular flexibility index (Phi) is 4.40. The smallest absolute Gasteiger partial charge is 0.412 e.